The molecule has 4 rings (SSSR count). The molecule has 1 aliphatic carbocycles. The summed E-state index contributed by atoms with van der Waals surface area (Å²) in [5.74, 6) is -0.830. The van der Waals surface area contributed by atoms with Gasteiger partial charge < -0.3 is 9.84 Å². The number of anilines is 1. The van der Waals surface area contributed by atoms with Crippen LogP contribution >= 0.6 is 0 Å². The number of ether oxygens (including phenoxy) is 1. The maximum absolute atomic E-state index is 15.6. The van der Waals surface area contributed by atoms with E-state index < -0.39 is 26.7 Å². The molecule has 1 fully saturated rings. The zero-order valence-corrected chi connectivity index (χ0v) is 22.9. The molecule has 202 valence electrons. The molecule has 8 heteroatoms. The van der Waals surface area contributed by atoms with E-state index in [0.29, 0.717) is 16.9 Å². The molecule has 0 bridgehead atoms. The summed E-state index contributed by atoms with van der Waals surface area (Å²) in [7, 11) is -3.04. The van der Waals surface area contributed by atoms with Crippen LogP contribution < -0.4 is 9.46 Å². The molecule has 1 aliphatic rings. The first-order chi connectivity index (χ1) is 17.9. The van der Waals surface area contributed by atoms with Crippen LogP contribution in [0.4, 0.5) is 10.1 Å². The van der Waals surface area contributed by atoms with Crippen LogP contribution in [0.15, 0.2) is 65.6 Å². The number of sulfonamides is 1. The Morgan fingerprint density at radius 3 is 2.24 bits per heavy atom. The molecule has 6 nitrogen and oxygen atoms in total. The third kappa shape index (κ3) is 5.85. The lowest BCUT2D eigenvalue weighted by molar-refractivity contribution is 0.0696. The first-order valence-corrected chi connectivity index (χ1v) is 14.2. The fraction of sp³-hybridized carbons (Fsp3) is 0.367. The highest BCUT2D eigenvalue weighted by Gasteiger charge is 2.30. The quantitative estimate of drug-likeness (QED) is 0.328. The molecule has 0 spiro atoms. The van der Waals surface area contributed by atoms with Crippen molar-refractivity contribution in [3.63, 3.8) is 0 Å². The minimum absolute atomic E-state index is 0.00726. The molecule has 0 radical (unpaired) electrons. The minimum atomic E-state index is -4.34. The third-order valence-electron chi connectivity index (χ3n) is 7.59. The van der Waals surface area contributed by atoms with Gasteiger partial charge in [-0.3, -0.25) is 4.72 Å². The number of carboxylic acid groups (broad SMARTS) is 1. The molecule has 2 N–H and O–H groups in total. The molecule has 3 aromatic rings. The SMILES string of the molecule is COc1cc(C(=O)O)ccc1NS(=O)(=O)c1cccc(-c2ccc(C3CCC(C(C)(C)C)CC3)cc2)c1F. The van der Waals surface area contributed by atoms with E-state index in [0.717, 1.165) is 18.8 Å². The number of halogens is 1. The summed E-state index contributed by atoms with van der Waals surface area (Å²) in [4.78, 5) is 10.7. The molecular formula is C30H34FNO5S. The van der Waals surface area contributed by atoms with Gasteiger partial charge in [-0.2, -0.15) is 0 Å². The van der Waals surface area contributed by atoms with Crippen LogP contribution in [0.25, 0.3) is 11.1 Å². The number of hydrogen-bond acceptors (Lipinski definition) is 4. The number of benzene rings is 3. The number of aromatic carboxylic acids is 1. The summed E-state index contributed by atoms with van der Waals surface area (Å²) in [6.07, 6.45) is 4.65. The van der Waals surface area contributed by atoms with Crippen molar-refractivity contribution < 1.29 is 27.4 Å². The van der Waals surface area contributed by atoms with Gasteiger partial charge in [0, 0.05) is 5.56 Å². The average molecular weight is 540 g/mol. The highest BCUT2D eigenvalue weighted by atomic mass is 32.2. The van der Waals surface area contributed by atoms with Crippen LogP contribution in [0.2, 0.25) is 0 Å². The molecule has 0 amide bonds. The second-order valence-corrected chi connectivity index (χ2v) is 12.6. The van der Waals surface area contributed by atoms with Gasteiger partial charge in [0.1, 0.15) is 10.6 Å². The van der Waals surface area contributed by atoms with E-state index in [4.69, 9.17) is 9.84 Å². The Hall–Kier alpha value is -3.39. The molecule has 0 atom stereocenters. The maximum atomic E-state index is 15.6. The highest BCUT2D eigenvalue weighted by Crippen LogP contribution is 2.43. The van der Waals surface area contributed by atoms with Crippen molar-refractivity contribution in [2.45, 2.75) is 57.3 Å². The fourth-order valence-corrected chi connectivity index (χ4v) is 6.45. The molecule has 0 aliphatic heterocycles. The van der Waals surface area contributed by atoms with Crippen molar-refractivity contribution in [1.82, 2.24) is 0 Å². The standard InChI is InChI=1S/C30H34FNO5S/c1-30(2,3)23-15-12-20(13-16-23)19-8-10-21(11-9-19)24-6-5-7-27(28(24)31)38(35,36)32-25-17-14-22(29(33)34)18-26(25)37-4/h5-11,14,17-18,20,23,32H,12-13,15-16H2,1-4H3,(H,33,34). The Kier molecular flexibility index (Phi) is 7.83. The molecule has 38 heavy (non-hydrogen) atoms. The van der Waals surface area contributed by atoms with Crippen molar-refractivity contribution in [3.05, 3.63) is 77.6 Å². The molecular weight excluding hydrogens is 505 g/mol. The molecule has 0 saturated heterocycles. The second kappa shape index (κ2) is 10.8. The summed E-state index contributed by atoms with van der Waals surface area (Å²) in [5.41, 5.74) is 2.26. The van der Waals surface area contributed by atoms with Crippen LogP contribution in [0.1, 0.15) is 68.3 Å². The summed E-state index contributed by atoms with van der Waals surface area (Å²) >= 11 is 0. The number of nitrogens with one attached hydrogen (secondary N) is 1. The highest BCUT2D eigenvalue weighted by molar-refractivity contribution is 7.92. The van der Waals surface area contributed by atoms with E-state index in [2.05, 4.69) is 25.5 Å². The van der Waals surface area contributed by atoms with Crippen molar-refractivity contribution >= 4 is 21.7 Å². The first-order valence-electron chi connectivity index (χ1n) is 12.7. The average Bonchev–Trinajstić information content (AvgIpc) is 2.88. The Bertz CT molecular complexity index is 1420. The number of carbonyl (C=O) groups is 1. The van der Waals surface area contributed by atoms with Gasteiger partial charge >= 0.3 is 5.97 Å². The van der Waals surface area contributed by atoms with Crippen LogP contribution in [0, 0.1) is 17.2 Å². The van der Waals surface area contributed by atoms with Crippen molar-refractivity contribution in [1.29, 1.82) is 0 Å². The van der Waals surface area contributed by atoms with Gasteiger partial charge in [-0.25, -0.2) is 17.6 Å². The van der Waals surface area contributed by atoms with Gasteiger partial charge in [-0.05, 0) is 78.3 Å². The maximum Gasteiger partial charge on any atom is 0.335 e. The predicted octanol–water partition coefficient (Wildman–Crippen LogP) is 7.32. The lowest BCUT2D eigenvalue weighted by Crippen LogP contribution is -2.25. The van der Waals surface area contributed by atoms with Crippen LogP contribution in [-0.4, -0.2) is 26.6 Å². The zero-order chi connectivity index (χ0) is 27.7. The Morgan fingerprint density at radius 1 is 1.00 bits per heavy atom. The molecule has 0 heterocycles. The van der Waals surface area contributed by atoms with Crippen molar-refractivity contribution in [2.24, 2.45) is 11.3 Å². The zero-order valence-electron chi connectivity index (χ0n) is 22.1. The fourth-order valence-electron chi connectivity index (χ4n) is 5.28. The van der Waals surface area contributed by atoms with E-state index >= 15 is 4.39 Å². The number of methoxy groups -OCH3 is 1. The Labute approximate surface area is 223 Å². The van der Waals surface area contributed by atoms with Crippen LogP contribution in [0.3, 0.4) is 0 Å². The first kappa shape index (κ1) is 27.6. The van der Waals surface area contributed by atoms with Gasteiger partial charge in [0.2, 0.25) is 0 Å². The van der Waals surface area contributed by atoms with E-state index in [1.165, 1.54) is 55.8 Å². The molecule has 0 unspecified atom stereocenters. The van der Waals surface area contributed by atoms with Crippen molar-refractivity contribution in [3.8, 4) is 16.9 Å². The molecule has 1 saturated carbocycles. The van der Waals surface area contributed by atoms with E-state index in [-0.39, 0.29) is 22.6 Å². The number of hydrogen-bond donors (Lipinski definition) is 2. The van der Waals surface area contributed by atoms with E-state index in [1.807, 2.05) is 24.3 Å². The van der Waals surface area contributed by atoms with E-state index in [9.17, 15) is 13.2 Å². The smallest absolute Gasteiger partial charge is 0.335 e. The normalized spacial score (nSPS) is 18.1. The largest absolute Gasteiger partial charge is 0.495 e. The van der Waals surface area contributed by atoms with Gasteiger partial charge in [0.05, 0.1) is 18.4 Å². The van der Waals surface area contributed by atoms with Gasteiger partial charge in [-0.15, -0.1) is 0 Å². The predicted molar refractivity (Wildman–Crippen MR) is 147 cm³/mol. The molecule has 3 aromatic carbocycles. The third-order valence-corrected chi connectivity index (χ3v) is 8.97. The Balaban J connectivity index is 1.56. The number of rotatable bonds is 7. The summed E-state index contributed by atoms with van der Waals surface area (Å²) in [6, 6.07) is 15.7. The lowest BCUT2D eigenvalue weighted by Gasteiger charge is -2.37. The monoisotopic (exact) mass is 539 g/mol. The topological polar surface area (TPSA) is 92.7 Å². The lowest BCUT2D eigenvalue weighted by atomic mass is 9.68. The summed E-state index contributed by atoms with van der Waals surface area (Å²) in [6.45, 7) is 6.91. The minimum Gasteiger partial charge on any atom is -0.495 e. The second-order valence-electron chi connectivity index (χ2n) is 11.0. The molecule has 0 aromatic heterocycles. The summed E-state index contributed by atoms with van der Waals surface area (Å²) in [5, 5.41) is 9.17. The van der Waals surface area contributed by atoms with Gasteiger partial charge in [0.25, 0.3) is 10.0 Å². The van der Waals surface area contributed by atoms with E-state index in [1.54, 1.807) is 6.07 Å². The van der Waals surface area contributed by atoms with Crippen molar-refractivity contribution in [2.75, 3.05) is 11.8 Å². The van der Waals surface area contributed by atoms with Gasteiger partial charge in [-0.1, -0.05) is 57.2 Å². The van der Waals surface area contributed by atoms with Crippen LogP contribution in [-0.2, 0) is 10.0 Å². The summed E-state index contributed by atoms with van der Waals surface area (Å²) < 4.78 is 49.3. The van der Waals surface area contributed by atoms with Crippen LogP contribution in [0.5, 0.6) is 5.75 Å². The number of carboxylic acids is 1. The van der Waals surface area contributed by atoms with Gasteiger partial charge in [0.15, 0.2) is 5.82 Å². The Morgan fingerprint density at radius 2 is 1.66 bits per heavy atom.